The van der Waals surface area contributed by atoms with E-state index in [4.69, 9.17) is 4.74 Å². The number of carbonyl (C=O) groups is 4. The van der Waals surface area contributed by atoms with Crippen molar-refractivity contribution in [3.63, 3.8) is 0 Å². The number of hydrogen-bond donors (Lipinski definition) is 1. The van der Waals surface area contributed by atoms with Gasteiger partial charge in [-0.3, -0.25) is 19.3 Å². The number of methoxy groups -OCH3 is 1. The minimum Gasteiger partial charge on any atom is -0.469 e. The van der Waals surface area contributed by atoms with Crippen LogP contribution in [0.5, 0.6) is 0 Å². The second-order valence-electron chi connectivity index (χ2n) is 7.25. The van der Waals surface area contributed by atoms with Crippen LogP contribution >= 0.6 is 0 Å². The molecule has 0 bridgehead atoms. The standard InChI is InChI=1S/C19H21F2N3O5/c1-19(13-9-12(20)3-4-14(13)21)17(27)24(18(28)22-19)10-15(25)23-7-5-11(6-8-23)16(26)29-2/h3-4,9,11H,5-8,10H2,1-2H3,(H,22,28)/t19-/m1/s1. The second-order valence-corrected chi connectivity index (χ2v) is 7.25. The van der Waals surface area contributed by atoms with E-state index in [1.54, 1.807) is 0 Å². The van der Waals surface area contributed by atoms with Gasteiger partial charge < -0.3 is 15.0 Å². The van der Waals surface area contributed by atoms with Crippen LogP contribution in [0.2, 0.25) is 0 Å². The summed E-state index contributed by atoms with van der Waals surface area (Å²) in [6.45, 7) is 1.31. The molecule has 1 aromatic rings. The van der Waals surface area contributed by atoms with Crippen molar-refractivity contribution in [3.05, 3.63) is 35.4 Å². The summed E-state index contributed by atoms with van der Waals surface area (Å²) in [5.74, 6) is -3.54. The van der Waals surface area contributed by atoms with Crippen LogP contribution in [0.4, 0.5) is 13.6 Å². The topological polar surface area (TPSA) is 96.0 Å². The van der Waals surface area contributed by atoms with E-state index in [0.717, 1.165) is 18.2 Å². The third-order valence-electron chi connectivity index (χ3n) is 5.42. The molecule has 8 nitrogen and oxygen atoms in total. The lowest BCUT2D eigenvalue weighted by molar-refractivity contribution is -0.149. The fourth-order valence-electron chi connectivity index (χ4n) is 3.67. The fourth-order valence-corrected chi connectivity index (χ4v) is 3.67. The molecule has 0 unspecified atom stereocenters. The van der Waals surface area contributed by atoms with E-state index < -0.39 is 41.6 Å². The zero-order valence-corrected chi connectivity index (χ0v) is 16.0. The molecule has 0 saturated carbocycles. The third kappa shape index (κ3) is 3.79. The van der Waals surface area contributed by atoms with Crippen molar-refractivity contribution >= 4 is 23.8 Å². The molecule has 3 rings (SSSR count). The summed E-state index contributed by atoms with van der Waals surface area (Å²) in [6.07, 6.45) is 0.843. The molecule has 10 heteroatoms. The maximum absolute atomic E-state index is 14.2. The highest BCUT2D eigenvalue weighted by atomic mass is 19.1. The van der Waals surface area contributed by atoms with Crippen LogP contribution in [-0.4, -0.2) is 60.4 Å². The zero-order chi connectivity index (χ0) is 21.3. The van der Waals surface area contributed by atoms with E-state index in [-0.39, 0.29) is 30.5 Å². The molecule has 2 heterocycles. The Morgan fingerprint density at radius 1 is 1.24 bits per heavy atom. The number of halogens is 2. The van der Waals surface area contributed by atoms with E-state index in [1.807, 2.05) is 0 Å². The number of imide groups is 1. The van der Waals surface area contributed by atoms with Crippen molar-refractivity contribution in [2.75, 3.05) is 26.7 Å². The Kier molecular flexibility index (Phi) is 5.54. The number of urea groups is 1. The highest BCUT2D eigenvalue weighted by molar-refractivity contribution is 6.09. The maximum atomic E-state index is 14.2. The molecule has 2 aliphatic heterocycles. The number of ether oxygens (including phenoxy) is 1. The van der Waals surface area contributed by atoms with Crippen LogP contribution in [0.15, 0.2) is 18.2 Å². The van der Waals surface area contributed by atoms with Gasteiger partial charge in [0.15, 0.2) is 0 Å². The summed E-state index contributed by atoms with van der Waals surface area (Å²) in [7, 11) is 1.30. The Bertz CT molecular complexity index is 869. The van der Waals surface area contributed by atoms with E-state index >= 15 is 0 Å². The molecule has 0 spiro atoms. The van der Waals surface area contributed by atoms with Crippen LogP contribution < -0.4 is 5.32 Å². The van der Waals surface area contributed by atoms with Gasteiger partial charge in [-0.25, -0.2) is 13.6 Å². The van der Waals surface area contributed by atoms with Crippen molar-refractivity contribution in [1.29, 1.82) is 0 Å². The van der Waals surface area contributed by atoms with E-state index in [1.165, 1.54) is 18.9 Å². The van der Waals surface area contributed by atoms with Gasteiger partial charge in [-0.05, 0) is 38.0 Å². The molecule has 1 N–H and O–H groups in total. The maximum Gasteiger partial charge on any atom is 0.325 e. The quantitative estimate of drug-likeness (QED) is 0.594. The molecule has 4 amide bonds. The van der Waals surface area contributed by atoms with Crippen molar-refractivity contribution in [2.45, 2.75) is 25.3 Å². The van der Waals surface area contributed by atoms with Crippen molar-refractivity contribution in [1.82, 2.24) is 15.1 Å². The lowest BCUT2D eigenvalue weighted by Gasteiger charge is -2.31. The smallest absolute Gasteiger partial charge is 0.325 e. The van der Waals surface area contributed by atoms with Crippen LogP contribution in [0.1, 0.15) is 25.3 Å². The molecular formula is C19H21F2N3O5. The Labute approximate surface area is 165 Å². The first-order valence-electron chi connectivity index (χ1n) is 9.12. The number of nitrogens with zero attached hydrogens (tertiary/aromatic N) is 2. The number of hydrogen-bond acceptors (Lipinski definition) is 5. The summed E-state index contributed by atoms with van der Waals surface area (Å²) in [6, 6.07) is 1.76. The Morgan fingerprint density at radius 2 is 1.90 bits per heavy atom. The number of amides is 4. The SMILES string of the molecule is COC(=O)C1CCN(C(=O)CN2C(=O)N[C@](C)(c3cc(F)ccc3F)C2=O)CC1. The molecule has 0 radical (unpaired) electrons. The molecule has 156 valence electrons. The molecule has 29 heavy (non-hydrogen) atoms. The highest BCUT2D eigenvalue weighted by Crippen LogP contribution is 2.31. The van der Waals surface area contributed by atoms with Crippen LogP contribution in [0.3, 0.4) is 0 Å². The number of esters is 1. The molecule has 2 aliphatic rings. The summed E-state index contributed by atoms with van der Waals surface area (Å²) in [5.41, 5.74) is -2.13. The Balaban J connectivity index is 1.70. The van der Waals surface area contributed by atoms with Gasteiger partial charge in [0.1, 0.15) is 23.7 Å². The monoisotopic (exact) mass is 409 g/mol. The highest BCUT2D eigenvalue weighted by Gasteiger charge is 2.51. The summed E-state index contributed by atoms with van der Waals surface area (Å²) in [5, 5.41) is 2.35. The molecule has 0 aromatic heterocycles. The van der Waals surface area contributed by atoms with E-state index in [0.29, 0.717) is 17.7 Å². The second kappa shape index (κ2) is 7.76. The Hall–Kier alpha value is -3.04. The minimum atomic E-state index is -1.82. The van der Waals surface area contributed by atoms with Gasteiger partial charge in [-0.2, -0.15) is 0 Å². The van der Waals surface area contributed by atoms with Gasteiger partial charge in [0.25, 0.3) is 5.91 Å². The van der Waals surface area contributed by atoms with Crippen molar-refractivity contribution < 1.29 is 32.7 Å². The van der Waals surface area contributed by atoms with Gasteiger partial charge in [0, 0.05) is 18.7 Å². The summed E-state index contributed by atoms with van der Waals surface area (Å²) < 4.78 is 32.4. The molecule has 1 aromatic carbocycles. The minimum absolute atomic E-state index is 0.290. The average molecular weight is 409 g/mol. The number of carbonyl (C=O) groups excluding carboxylic acids is 4. The Morgan fingerprint density at radius 3 is 2.52 bits per heavy atom. The van der Waals surface area contributed by atoms with Crippen LogP contribution in [0, 0.1) is 17.6 Å². The third-order valence-corrected chi connectivity index (χ3v) is 5.42. The number of benzene rings is 1. The molecule has 2 fully saturated rings. The first-order chi connectivity index (χ1) is 13.7. The molecule has 0 aliphatic carbocycles. The molecule has 2 saturated heterocycles. The van der Waals surface area contributed by atoms with Gasteiger partial charge in [0.05, 0.1) is 13.0 Å². The molecule has 1 atom stereocenters. The number of piperidine rings is 1. The average Bonchev–Trinajstić information content (AvgIpc) is 2.93. The lowest BCUT2D eigenvalue weighted by Crippen LogP contribution is -2.47. The first-order valence-corrected chi connectivity index (χ1v) is 9.12. The number of likely N-dealkylation sites (tertiary alicyclic amines) is 1. The zero-order valence-electron chi connectivity index (χ0n) is 16.0. The van der Waals surface area contributed by atoms with Gasteiger partial charge in [0.2, 0.25) is 5.91 Å². The first kappa shape index (κ1) is 20.7. The van der Waals surface area contributed by atoms with Crippen LogP contribution in [0.25, 0.3) is 0 Å². The number of rotatable bonds is 4. The van der Waals surface area contributed by atoms with Gasteiger partial charge >= 0.3 is 12.0 Å². The fraction of sp³-hybridized carbons (Fsp3) is 0.474. The van der Waals surface area contributed by atoms with Crippen molar-refractivity contribution in [2.24, 2.45) is 5.92 Å². The van der Waals surface area contributed by atoms with Gasteiger partial charge in [-0.15, -0.1) is 0 Å². The molecular weight excluding hydrogens is 388 g/mol. The van der Waals surface area contributed by atoms with E-state index in [2.05, 4.69) is 5.32 Å². The summed E-state index contributed by atoms with van der Waals surface area (Å²) >= 11 is 0. The van der Waals surface area contributed by atoms with E-state index in [9.17, 15) is 28.0 Å². The normalized spacial score (nSPS) is 22.6. The van der Waals surface area contributed by atoms with Gasteiger partial charge in [-0.1, -0.05) is 0 Å². The largest absolute Gasteiger partial charge is 0.469 e. The predicted octanol–water partition coefficient (Wildman–Crippen LogP) is 1.14. The predicted molar refractivity (Wildman–Crippen MR) is 95.3 cm³/mol. The van der Waals surface area contributed by atoms with Crippen molar-refractivity contribution in [3.8, 4) is 0 Å². The lowest BCUT2D eigenvalue weighted by atomic mass is 9.91. The summed E-state index contributed by atoms with van der Waals surface area (Å²) in [4.78, 5) is 51.4. The van der Waals surface area contributed by atoms with Crippen LogP contribution in [-0.2, 0) is 24.7 Å². The number of nitrogens with one attached hydrogen (secondary N) is 1.